The zero-order valence-electron chi connectivity index (χ0n) is 10.1. The van der Waals surface area contributed by atoms with Gasteiger partial charge in [0.2, 0.25) is 0 Å². The molecule has 0 aliphatic heterocycles. The maximum Gasteiger partial charge on any atom is 0.147 e. The third-order valence-corrected chi connectivity index (χ3v) is 3.54. The van der Waals surface area contributed by atoms with Gasteiger partial charge in [-0.3, -0.25) is 0 Å². The first-order valence-corrected chi connectivity index (χ1v) is 7.08. The van der Waals surface area contributed by atoms with Gasteiger partial charge in [-0.25, -0.2) is 0 Å². The molecule has 19 heavy (non-hydrogen) atoms. The number of hydrogen-bond acceptors (Lipinski definition) is 2. The number of nitrogens with two attached hydrogens (primary N) is 1. The summed E-state index contributed by atoms with van der Waals surface area (Å²) in [7, 11) is 0. The standard InChI is InChI=1S/C14H11BrClNOS/c1-8-2-5-12(10(6-8)14(17)19)18-13-7-9(15)3-4-11(13)16/h2-7H,1H3,(H2,17,19). The monoisotopic (exact) mass is 355 g/mol. The molecule has 0 bridgehead atoms. The van der Waals surface area contributed by atoms with E-state index in [4.69, 9.17) is 34.3 Å². The van der Waals surface area contributed by atoms with Crippen LogP contribution in [0.1, 0.15) is 11.1 Å². The Hall–Kier alpha value is -1.10. The first-order valence-electron chi connectivity index (χ1n) is 5.51. The Morgan fingerprint density at radius 1 is 1.21 bits per heavy atom. The van der Waals surface area contributed by atoms with Crippen molar-refractivity contribution in [1.29, 1.82) is 0 Å². The van der Waals surface area contributed by atoms with Crippen LogP contribution in [0.3, 0.4) is 0 Å². The van der Waals surface area contributed by atoms with Crippen molar-refractivity contribution in [3.63, 3.8) is 0 Å². The smallest absolute Gasteiger partial charge is 0.147 e. The van der Waals surface area contributed by atoms with E-state index < -0.39 is 0 Å². The van der Waals surface area contributed by atoms with Crippen molar-refractivity contribution in [1.82, 2.24) is 0 Å². The highest BCUT2D eigenvalue weighted by molar-refractivity contribution is 9.10. The van der Waals surface area contributed by atoms with E-state index in [-0.39, 0.29) is 0 Å². The molecule has 0 aliphatic carbocycles. The number of aryl methyl sites for hydroxylation is 1. The van der Waals surface area contributed by atoms with Gasteiger partial charge in [-0.2, -0.15) is 0 Å². The third kappa shape index (κ3) is 3.47. The first-order chi connectivity index (χ1) is 8.97. The molecule has 0 saturated carbocycles. The van der Waals surface area contributed by atoms with Crippen LogP contribution in [0.25, 0.3) is 0 Å². The second-order valence-corrected chi connectivity index (χ2v) is 5.80. The third-order valence-electron chi connectivity index (χ3n) is 2.51. The van der Waals surface area contributed by atoms with E-state index in [2.05, 4.69) is 15.9 Å². The second kappa shape index (κ2) is 5.90. The summed E-state index contributed by atoms with van der Waals surface area (Å²) in [6.07, 6.45) is 0. The summed E-state index contributed by atoms with van der Waals surface area (Å²) in [6, 6.07) is 11.1. The van der Waals surface area contributed by atoms with Crippen molar-refractivity contribution in [3.05, 3.63) is 57.0 Å². The van der Waals surface area contributed by atoms with Crippen molar-refractivity contribution in [2.24, 2.45) is 5.73 Å². The van der Waals surface area contributed by atoms with Crippen LogP contribution in [-0.2, 0) is 0 Å². The highest BCUT2D eigenvalue weighted by atomic mass is 79.9. The Morgan fingerprint density at radius 3 is 2.63 bits per heavy atom. The SMILES string of the molecule is Cc1ccc(Oc2cc(Br)ccc2Cl)c(C(N)=S)c1. The molecule has 0 amide bonds. The molecule has 0 aliphatic rings. The largest absolute Gasteiger partial charge is 0.455 e. The molecular weight excluding hydrogens is 346 g/mol. The van der Waals surface area contributed by atoms with E-state index in [1.807, 2.05) is 31.2 Å². The van der Waals surface area contributed by atoms with E-state index >= 15 is 0 Å². The normalized spacial score (nSPS) is 10.3. The van der Waals surface area contributed by atoms with Gasteiger partial charge in [0.25, 0.3) is 0 Å². The maximum absolute atomic E-state index is 6.10. The predicted octanol–water partition coefficient (Wildman–Crippen LogP) is 4.84. The zero-order valence-corrected chi connectivity index (χ0v) is 13.3. The lowest BCUT2D eigenvalue weighted by atomic mass is 10.1. The van der Waals surface area contributed by atoms with Gasteiger partial charge < -0.3 is 10.5 Å². The Balaban J connectivity index is 2.43. The molecule has 0 aromatic heterocycles. The Bertz CT molecular complexity index is 645. The van der Waals surface area contributed by atoms with Crippen LogP contribution in [0, 0.1) is 6.92 Å². The molecule has 2 nitrogen and oxygen atoms in total. The Labute approximate surface area is 130 Å². The van der Waals surface area contributed by atoms with Crippen molar-refractivity contribution in [3.8, 4) is 11.5 Å². The molecule has 2 aromatic rings. The number of ether oxygens (including phenoxy) is 1. The van der Waals surface area contributed by atoms with Gasteiger partial charge in [0, 0.05) is 4.47 Å². The van der Waals surface area contributed by atoms with Crippen LogP contribution >= 0.6 is 39.7 Å². The molecule has 0 radical (unpaired) electrons. The van der Waals surface area contributed by atoms with Gasteiger partial charge in [-0.05, 0) is 37.3 Å². The van der Waals surface area contributed by atoms with Crippen LogP contribution in [-0.4, -0.2) is 4.99 Å². The minimum absolute atomic E-state index is 0.296. The molecule has 2 N–H and O–H groups in total. The predicted molar refractivity (Wildman–Crippen MR) is 86.3 cm³/mol. The van der Waals surface area contributed by atoms with Crippen LogP contribution in [0.15, 0.2) is 40.9 Å². The van der Waals surface area contributed by atoms with E-state index in [1.54, 1.807) is 12.1 Å². The van der Waals surface area contributed by atoms with Gasteiger partial charge in [0.15, 0.2) is 0 Å². The quantitative estimate of drug-likeness (QED) is 0.799. The fourth-order valence-corrected chi connectivity index (χ4v) is 2.25. The summed E-state index contributed by atoms with van der Waals surface area (Å²) >= 11 is 14.5. The lowest BCUT2D eigenvalue weighted by Gasteiger charge is -2.12. The molecule has 98 valence electrons. The lowest BCUT2D eigenvalue weighted by molar-refractivity contribution is 0.481. The number of halogens is 2. The second-order valence-electron chi connectivity index (χ2n) is 4.04. The lowest BCUT2D eigenvalue weighted by Crippen LogP contribution is -2.11. The topological polar surface area (TPSA) is 35.2 Å². The molecule has 0 saturated heterocycles. The Morgan fingerprint density at radius 2 is 1.95 bits per heavy atom. The van der Waals surface area contributed by atoms with Crippen LogP contribution in [0.4, 0.5) is 0 Å². The molecule has 2 aromatic carbocycles. The summed E-state index contributed by atoms with van der Waals surface area (Å²) in [5, 5.41) is 0.526. The van der Waals surface area contributed by atoms with E-state index in [0.717, 1.165) is 10.0 Å². The van der Waals surface area contributed by atoms with Crippen molar-refractivity contribution < 1.29 is 4.74 Å². The molecule has 0 spiro atoms. The van der Waals surface area contributed by atoms with Crippen LogP contribution in [0.2, 0.25) is 5.02 Å². The Kier molecular flexibility index (Phi) is 4.45. The number of thiocarbonyl (C=S) groups is 1. The van der Waals surface area contributed by atoms with E-state index in [0.29, 0.717) is 27.1 Å². The maximum atomic E-state index is 6.10. The molecule has 0 unspecified atom stereocenters. The summed E-state index contributed by atoms with van der Waals surface area (Å²) in [4.78, 5) is 0.296. The number of hydrogen-bond donors (Lipinski definition) is 1. The zero-order chi connectivity index (χ0) is 14.0. The number of rotatable bonds is 3. The molecular formula is C14H11BrClNOS. The summed E-state index contributed by atoms with van der Waals surface area (Å²) in [5.74, 6) is 1.15. The average Bonchev–Trinajstić information content (AvgIpc) is 2.35. The van der Waals surface area contributed by atoms with Crippen molar-refractivity contribution >= 4 is 44.7 Å². The van der Waals surface area contributed by atoms with Gasteiger partial charge in [-0.15, -0.1) is 0 Å². The minimum atomic E-state index is 0.296. The summed E-state index contributed by atoms with van der Waals surface area (Å²) in [6.45, 7) is 1.97. The van der Waals surface area contributed by atoms with Gasteiger partial charge in [-0.1, -0.05) is 51.4 Å². The van der Waals surface area contributed by atoms with E-state index in [1.165, 1.54) is 0 Å². The summed E-state index contributed by atoms with van der Waals surface area (Å²) in [5.41, 5.74) is 7.48. The molecule has 2 rings (SSSR count). The van der Waals surface area contributed by atoms with Gasteiger partial charge in [0.05, 0.1) is 10.6 Å². The highest BCUT2D eigenvalue weighted by Gasteiger charge is 2.10. The fraction of sp³-hybridized carbons (Fsp3) is 0.0714. The highest BCUT2D eigenvalue weighted by Crippen LogP contribution is 2.33. The fourth-order valence-electron chi connectivity index (χ4n) is 1.60. The summed E-state index contributed by atoms with van der Waals surface area (Å²) < 4.78 is 6.69. The van der Waals surface area contributed by atoms with Crippen LogP contribution in [0.5, 0.6) is 11.5 Å². The van der Waals surface area contributed by atoms with Gasteiger partial charge in [0.1, 0.15) is 16.5 Å². The minimum Gasteiger partial charge on any atom is -0.455 e. The average molecular weight is 357 g/mol. The van der Waals surface area contributed by atoms with Crippen molar-refractivity contribution in [2.75, 3.05) is 0 Å². The first kappa shape index (κ1) is 14.3. The number of benzene rings is 2. The van der Waals surface area contributed by atoms with Crippen molar-refractivity contribution in [2.45, 2.75) is 6.92 Å². The molecule has 0 heterocycles. The van der Waals surface area contributed by atoms with E-state index in [9.17, 15) is 0 Å². The molecule has 5 heteroatoms. The molecule has 0 atom stereocenters. The van der Waals surface area contributed by atoms with Crippen LogP contribution < -0.4 is 10.5 Å². The van der Waals surface area contributed by atoms with Gasteiger partial charge >= 0.3 is 0 Å². The molecule has 0 fully saturated rings.